The van der Waals surface area contributed by atoms with Crippen LogP contribution in [-0.2, 0) is 20.7 Å². The number of benzene rings is 2. The Kier molecular flexibility index (Phi) is 5.73. The van der Waals surface area contributed by atoms with Gasteiger partial charge in [-0.3, -0.25) is 25.0 Å². The van der Waals surface area contributed by atoms with Gasteiger partial charge in [0, 0.05) is 12.1 Å². The van der Waals surface area contributed by atoms with Crippen molar-refractivity contribution in [1.29, 1.82) is 0 Å². The van der Waals surface area contributed by atoms with Crippen molar-refractivity contribution < 1.29 is 32.4 Å². The van der Waals surface area contributed by atoms with E-state index < -0.39 is 46.4 Å². The molecule has 1 N–H and O–H groups in total. The van der Waals surface area contributed by atoms with Gasteiger partial charge in [0.2, 0.25) is 0 Å². The second-order valence-electron chi connectivity index (χ2n) is 5.66. The molecule has 1 heterocycles. The van der Waals surface area contributed by atoms with Gasteiger partial charge < -0.3 is 4.74 Å². The molecule has 29 heavy (non-hydrogen) atoms. The molecule has 3 rings (SSSR count). The van der Waals surface area contributed by atoms with Crippen molar-refractivity contribution in [2.45, 2.75) is 6.42 Å². The molecule has 0 spiro atoms. The number of ether oxygens (including phenoxy) is 1. The molecular formula is C17H10F3N3O5S. The lowest BCUT2D eigenvalue weighted by molar-refractivity contribution is -0.384. The van der Waals surface area contributed by atoms with Crippen LogP contribution < -0.4 is 5.32 Å². The van der Waals surface area contributed by atoms with E-state index in [1.165, 1.54) is 24.3 Å². The Labute approximate surface area is 164 Å². The van der Waals surface area contributed by atoms with E-state index in [-0.39, 0.29) is 21.9 Å². The molecule has 0 saturated carbocycles. The van der Waals surface area contributed by atoms with E-state index >= 15 is 0 Å². The molecule has 150 valence electrons. The molecule has 0 fully saturated rings. The van der Waals surface area contributed by atoms with E-state index in [9.17, 15) is 32.9 Å². The molecule has 2 aromatic carbocycles. The molecule has 12 heteroatoms. The minimum Gasteiger partial charge on any atom is -0.455 e. The Morgan fingerprint density at radius 1 is 1.17 bits per heavy atom. The van der Waals surface area contributed by atoms with Gasteiger partial charge in [0.05, 0.1) is 16.0 Å². The van der Waals surface area contributed by atoms with E-state index in [0.717, 1.165) is 17.4 Å². The third kappa shape index (κ3) is 4.66. The van der Waals surface area contributed by atoms with Crippen LogP contribution in [0.5, 0.6) is 0 Å². The van der Waals surface area contributed by atoms with Crippen molar-refractivity contribution in [3.8, 4) is 0 Å². The Morgan fingerprint density at radius 2 is 1.86 bits per heavy atom. The number of anilines is 1. The summed E-state index contributed by atoms with van der Waals surface area (Å²) < 4.78 is 44.9. The number of non-ortho nitro benzene ring substituents is 1. The summed E-state index contributed by atoms with van der Waals surface area (Å²) in [5.74, 6) is -6.06. The zero-order chi connectivity index (χ0) is 21.1. The number of nitro benzene ring substituents is 1. The zero-order valence-corrected chi connectivity index (χ0v) is 15.1. The van der Waals surface area contributed by atoms with E-state index in [0.29, 0.717) is 5.56 Å². The molecule has 1 amide bonds. The molecule has 0 aliphatic carbocycles. The van der Waals surface area contributed by atoms with Crippen molar-refractivity contribution in [3.05, 3.63) is 63.5 Å². The number of hydrogen-bond donors (Lipinski definition) is 1. The lowest BCUT2D eigenvalue weighted by Crippen LogP contribution is -2.21. The van der Waals surface area contributed by atoms with E-state index in [1.54, 1.807) is 0 Å². The summed E-state index contributed by atoms with van der Waals surface area (Å²) in [7, 11) is 0. The second-order valence-corrected chi connectivity index (χ2v) is 6.69. The van der Waals surface area contributed by atoms with Crippen LogP contribution in [0.4, 0.5) is 24.0 Å². The number of nitro groups is 1. The number of halogens is 3. The Hall–Kier alpha value is -3.54. The normalized spacial score (nSPS) is 10.7. The smallest absolute Gasteiger partial charge is 0.310 e. The average Bonchev–Trinajstić information content (AvgIpc) is 3.07. The van der Waals surface area contributed by atoms with Gasteiger partial charge in [-0.05, 0) is 11.6 Å². The van der Waals surface area contributed by atoms with Crippen LogP contribution in [0.3, 0.4) is 0 Å². The SMILES string of the molecule is O=C(COC(=O)Cc1ccc([N+](=O)[O-])cc1)Nc1nc2c(F)c(F)c(F)cc2s1. The minimum absolute atomic E-state index is 0.00753. The van der Waals surface area contributed by atoms with E-state index in [4.69, 9.17) is 4.74 Å². The number of hydrogen-bond acceptors (Lipinski definition) is 7. The number of aromatic nitrogens is 1. The number of carbonyl (C=O) groups is 2. The molecule has 0 saturated heterocycles. The molecule has 0 atom stereocenters. The van der Waals surface area contributed by atoms with Crippen LogP contribution >= 0.6 is 11.3 Å². The molecule has 0 bridgehead atoms. The highest BCUT2D eigenvalue weighted by atomic mass is 32.1. The minimum atomic E-state index is -1.67. The van der Waals surface area contributed by atoms with Gasteiger partial charge in [0.15, 0.2) is 29.2 Å². The first-order chi connectivity index (χ1) is 13.7. The first-order valence-corrected chi connectivity index (χ1v) is 8.69. The van der Waals surface area contributed by atoms with Gasteiger partial charge in [0.1, 0.15) is 5.52 Å². The summed E-state index contributed by atoms with van der Waals surface area (Å²) in [4.78, 5) is 37.3. The van der Waals surface area contributed by atoms with E-state index in [1.807, 2.05) is 0 Å². The summed E-state index contributed by atoms with van der Waals surface area (Å²) in [5.41, 5.74) is -0.111. The molecular weight excluding hydrogens is 415 g/mol. The lowest BCUT2D eigenvalue weighted by Gasteiger charge is -2.04. The molecule has 0 unspecified atom stereocenters. The fourth-order valence-electron chi connectivity index (χ4n) is 2.28. The number of nitrogens with one attached hydrogen (secondary N) is 1. The van der Waals surface area contributed by atoms with Gasteiger partial charge >= 0.3 is 5.97 Å². The van der Waals surface area contributed by atoms with Gasteiger partial charge in [0.25, 0.3) is 11.6 Å². The third-order valence-electron chi connectivity index (χ3n) is 3.63. The van der Waals surface area contributed by atoms with Crippen LogP contribution in [0, 0.1) is 27.6 Å². The van der Waals surface area contributed by atoms with E-state index in [2.05, 4.69) is 10.3 Å². The number of thiazole rings is 1. The monoisotopic (exact) mass is 425 g/mol. The first kappa shape index (κ1) is 20.2. The van der Waals surface area contributed by atoms with Gasteiger partial charge in [-0.25, -0.2) is 18.2 Å². The number of carbonyl (C=O) groups excluding carboxylic acids is 2. The standard InChI is InChI=1S/C17H10F3N3O5S/c18-10-6-11-16(15(20)14(10)19)22-17(29-11)21-12(24)7-28-13(25)5-8-1-3-9(4-2-8)23(26)27/h1-4,6H,5,7H2,(H,21,22,24). The Balaban J connectivity index is 1.55. The summed E-state index contributed by atoms with van der Waals surface area (Å²) >= 11 is 0.718. The quantitative estimate of drug-likeness (QED) is 0.281. The highest BCUT2D eigenvalue weighted by Gasteiger charge is 2.18. The second kappa shape index (κ2) is 8.22. The van der Waals surface area contributed by atoms with Crippen molar-refractivity contribution in [3.63, 3.8) is 0 Å². The number of nitrogens with zero attached hydrogens (tertiary/aromatic N) is 2. The zero-order valence-electron chi connectivity index (χ0n) is 14.3. The third-order valence-corrected chi connectivity index (χ3v) is 4.55. The number of esters is 1. The number of amides is 1. The molecule has 8 nitrogen and oxygen atoms in total. The molecule has 3 aromatic rings. The topological polar surface area (TPSA) is 111 Å². The Morgan fingerprint density at radius 3 is 2.52 bits per heavy atom. The molecule has 0 radical (unpaired) electrons. The predicted octanol–water partition coefficient (Wildman–Crippen LogP) is 3.35. The number of rotatable bonds is 6. The van der Waals surface area contributed by atoms with Gasteiger partial charge in [-0.2, -0.15) is 0 Å². The van der Waals surface area contributed by atoms with Crippen LogP contribution in [0.25, 0.3) is 10.2 Å². The maximum atomic E-state index is 13.6. The molecule has 0 aliphatic rings. The van der Waals surface area contributed by atoms with Crippen LogP contribution in [0.15, 0.2) is 30.3 Å². The van der Waals surface area contributed by atoms with Crippen molar-refractivity contribution in [1.82, 2.24) is 4.98 Å². The predicted molar refractivity (Wildman–Crippen MR) is 95.9 cm³/mol. The first-order valence-electron chi connectivity index (χ1n) is 7.87. The van der Waals surface area contributed by atoms with Crippen LogP contribution in [0.2, 0.25) is 0 Å². The highest BCUT2D eigenvalue weighted by molar-refractivity contribution is 7.22. The lowest BCUT2D eigenvalue weighted by atomic mass is 10.1. The van der Waals surface area contributed by atoms with Gasteiger partial charge in [-0.15, -0.1) is 0 Å². The maximum absolute atomic E-state index is 13.6. The van der Waals surface area contributed by atoms with Crippen molar-refractivity contribution in [2.24, 2.45) is 0 Å². The fraction of sp³-hybridized carbons (Fsp3) is 0.118. The highest BCUT2D eigenvalue weighted by Crippen LogP contribution is 2.30. The van der Waals surface area contributed by atoms with Crippen LogP contribution in [-0.4, -0.2) is 28.4 Å². The fourth-order valence-corrected chi connectivity index (χ4v) is 3.19. The number of fused-ring (bicyclic) bond motifs is 1. The van der Waals surface area contributed by atoms with Crippen molar-refractivity contribution in [2.75, 3.05) is 11.9 Å². The summed E-state index contributed by atoms with van der Waals surface area (Å²) in [6, 6.07) is 5.98. The average molecular weight is 425 g/mol. The van der Waals surface area contributed by atoms with Gasteiger partial charge in [-0.1, -0.05) is 23.5 Å². The maximum Gasteiger partial charge on any atom is 0.310 e. The summed E-state index contributed by atoms with van der Waals surface area (Å²) in [6.07, 6.45) is -0.212. The molecule has 1 aromatic heterocycles. The summed E-state index contributed by atoms with van der Waals surface area (Å²) in [6.45, 7) is -0.674. The Bertz CT molecular complexity index is 1120. The summed E-state index contributed by atoms with van der Waals surface area (Å²) in [5, 5.41) is 12.7. The van der Waals surface area contributed by atoms with Crippen LogP contribution in [0.1, 0.15) is 5.56 Å². The largest absolute Gasteiger partial charge is 0.455 e. The van der Waals surface area contributed by atoms with Crippen molar-refractivity contribution >= 4 is 44.2 Å². The molecule has 0 aliphatic heterocycles.